The van der Waals surface area contributed by atoms with Gasteiger partial charge >= 0.3 is 0 Å². The van der Waals surface area contributed by atoms with Gasteiger partial charge < -0.3 is 15.4 Å². The van der Waals surface area contributed by atoms with Gasteiger partial charge in [-0.05, 0) is 30.3 Å². The number of hydrogen-bond acceptors (Lipinski definition) is 4. The van der Waals surface area contributed by atoms with Crippen LogP contribution in [0.4, 0.5) is 5.69 Å². The van der Waals surface area contributed by atoms with E-state index in [4.69, 9.17) is 27.9 Å². The highest BCUT2D eigenvalue weighted by Crippen LogP contribution is 2.27. The molecule has 0 spiro atoms. The lowest BCUT2D eigenvalue weighted by molar-refractivity contribution is -0.120. The first kappa shape index (κ1) is 16.9. The van der Waals surface area contributed by atoms with Crippen LogP contribution in [0.15, 0.2) is 30.3 Å². The van der Waals surface area contributed by atoms with Crippen molar-refractivity contribution < 1.29 is 9.53 Å². The van der Waals surface area contributed by atoms with Crippen LogP contribution in [0, 0.1) is 0 Å². The van der Waals surface area contributed by atoms with Crippen molar-refractivity contribution in [3.63, 3.8) is 0 Å². The molecule has 1 aromatic carbocycles. The Morgan fingerprint density at radius 3 is 2.77 bits per heavy atom. The molecule has 1 heterocycles. The minimum Gasteiger partial charge on any atom is -0.495 e. The molecule has 7 heteroatoms. The largest absolute Gasteiger partial charge is 0.495 e. The van der Waals surface area contributed by atoms with Gasteiger partial charge in [-0.3, -0.25) is 4.79 Å². The summed E-state index contributed by atoms with van der Waals surface area (Å²) in [6, 6.07) is 9.03. The number of benzene rings is 1. The molecule has 0 atom stereocenters. The van der Waals surface area contributed by atoms with Gasteiger partial charge in [0, 0.05) is 22.9 Å². The molecule has 2 aromatic rings. The van der Waals surface area contributed by atoms with E-state index in [1.165, 1.54) is 11.3 Å². The molecule has 0 aliphatic carbocycles. The van der Waals surface area contributed by atoms with E-state index >= 15 is 0 Å². The number of carbonyl (C=O) groups excluding carboxylic acids is 1. The average Bonchev–Trinajstić information content (AvgIpc) is 2.91. The SMILES string of the molecule is COc1ccc(Cl)cc1NCCC(=O)NCc1ccc(Cl)s1. The van der Waals surface area contributed by atoms with Gasteiger partial charge in [0.05, 0.1) is 23.7 Å². The highest BCUT2D eigenvalue weighted by atomic mass is 35.5. The Morgan fingerprint density at radius 1 is 1.27 bits per heavy atom. The predicted octanol–water partition coefficient (Wildman–Crippen LogP) is 4.18. The molecule has 0 bridgehead atoms. The fraction of sp³-hybridized carbons (Fsp3) is 0.267. The van der Waals surface area contributed by atoms with E-state index < -0.39 is 0 Å². The van der Waals surface area contributed by atoms with Crippen LogP contribution >= 0.6 is 34.5 Å². The van der Waals surface area contributed by atoms with Crippen LogP contribution in [0.3, 0.4) is 0 Å². The van der Waals surface area contributed by atoms with Crippen molar-refractivity contribution in [2.24, 2.45) is 0 Å². The Bertz CT molecular complexity index is 646. The van der Waals surface area contributed by atoms with Crippen molar-refractivity contribution in [2.75, 3.05) is 19.0 Å². The maximum absolute atomic E-state index is 11.8. The van der Waals surface area contributed by atoms with Gasteiger partial charge in [-0.15, -0.1) is 11.3 Å². The van der Waals surface area contributed by atoms with Crippen molar-refractivity contribution in [2.45, 2.75) is 13.0 Å². The van der Waals surface area contributed by atoms with Gasteiger partial charge in [-0.2, -0.15) is 0 Å². The van der Waals surface area contributed by atoms with Crippen molar-refractivity contribution in [1.82, 2.24) is 5.32 Å². The number of ether oxygens (including phenoxy) is 1. The zero-order valence-electron chi connectivity index (χ0n) is 12.0. The number of thiophene rings is 1. The predicted molar refractivity (Wildman–Crippen MR) is 92.3 cm³/mol. The van der Waals surface area contributed by atoms with Crippen LogP contribution in [0.1, 0.15) is 11.3 Å². The Kier molecular flexibility index (Phi) is 6.36. The summed E-state index contributed by atoms with van der Waals surface area (Å²) in [6.07, 6.45) is 0.356. The minimum atomic E-state index is -0.0296. The molecular weight excluding hydrogens is 343 g/mol. The van der Waals surface area contributed by atoms with Crippen LogP contribution in [-0.4, -0.2) is 19.6 Å². The summed E-state index contributed by atoms with van der Waals surface area (Å²) in [6.45, 7) is 0.991. The number of rotatable bonds is 7. The Hall–Kier alpha value is -1.43. The number of hydrogen-bond donors (Lipinski definition) is 2. The molecule has 4 nitrogen and oxygen atoms in total. The average molecular weight is 359 g/mol. The smallest absolute Gasteiger partial charge is 0.222 e. The highest BCUT2D eigenvalue weighted by Gasteiger charge is 2.06. The van der Waals surface area contributed by atoms with Crippen LogP contribution in [0.2, 0.25) is 9.36 Å². The third-order valence-corrected chi connectivity index (χ3v) is 4.38. The number of amides is 1. The summed E-state index contributed by atoms with van der Waals surface area (Å²) in [7, 11) is 1.59. The fourth-order valence-corrected chi connectivity index (χ4v) is 3.05. The van der Waals surface area contributed by atoms with Crippen LogP contribution in [0.25, 0.3) is 0 Å². The molecule has 22 heavy (non-hydrogen) atoms. The molecule has 1 aromatic heterocycles. The summed E-state index contributed by atoms with van der Waals surface area (Å²) in [4.78, 5) is 12.8. The lowest BCUT2D eigenvalue weighted by atomic mass is 10.2. The maximum atomic E-state index is 11.8. The van der Waals surface area contributed by atoms with Crippen molar-refractivity contribution in [3.8, 4) is 5.75 Å². The summed E-state index contributed by atoms with van der Waals surface area (Å²) in [5, 5.41) is 6.62. The Labute approximate surface area is 143 Å². The molecular formula is C15H16Cl2N2O2S. The Balaban J connectivity index is 1.76. The highest BCUT2D eigenvalue weighted by molar-refractivity contribution is 7.16. The summed E-state index contributed by atoms with van der Waals surface area (Å²) >= 11 is 13.3. The van der Waals surface area contributed by atoms with Gasteiger partial charge in [0.15, 0.2) is 0 Å². The van der Waals surface area contributed by atoms with Crippen molar-refractivity contribution in [3.05, 3.63) is 44.6 Å². The molecule has 0 aliphatic rings. The quantitative estimate of drug-likeness (QED) is 0.780. The summed E-state index contributed by atoms with van der Waals surface area (Å²) in [5.74, 6) is 0.663. The van der Waals surface area contributed by atoms with Crippen molar-refractivity contribution >= 4 is 46.1 Å². The second kappa shape index (κ2) is 8.27. The van der Waals surface area contributed by atoms with Gasteiger partial charge in [0.25, 0.3) is 0 Å². The molecule has 0 aliphatic heterocycles. The number of halogens is 2. The van der Waals surface area contributed by atoms with E-state index in [2.05, 4.69) is 10.6 Å². The van der Waals surface area contributed by atoms with Gasteiger partial charge in [0.2, 0.25) is 5.91 Å². The molecule has 0 fully saturated rings. The summed E-state index contributed by atoms with van der Waals surface area (Å²) < 4.78 is 5.95. The van der Waals surface area contributed by atoms with E-state index in [0.29, 0.717) is 30.3 Å². The second-order valence-electron chi connectivity index (χ2n) is 4.50. The molecule has 1 amide bonds. The minimum absolute atomic E-state index is 0.0296. The number of methoxy groups -OCH3 is 1. The molecule has 0 saturated heterocycles. The lowest BCUT2D eigenvalue weighted by Gasteiger charge is -2.11. The zero-order valence-corrected chi connectivity index (χ0v) is 14.3. The topological polar surface area (TPSA) is 50.4 Å². The van der Waals surface area contributed by atoms with Gasteiger partial charge in [-0.1, -0.05) is 23.2 Å². The van der Waals surface area contributed by atoms with Crippen LogP contribution in [0.5, 0.6) is 5.75 Å². The fourth-order valence-electron chi connectivity index (χ4n) is 1.85. The third-order valence-electron chi connectivity index (χ3n) is 2.92. The first-order valence-corrected chi connectivity index (χ1v) is 8.24. The lowest BCUT2D eigenvalue weighted by Crippen LogP contribution is -2.24. The van der Waals surface area contributed by atoms with Gasteiger partial charge in [0.1, 0.15) is 5.75 Å². The molecule has 0 radical (unpaired) electrons. The molecule has 0 saturated carbocycles. The second-order valence-corrected chi connectivity index (χ2v) is 6.74. The normalized spacial score (nSPS) is 10.3. The zero-order chi connectivity index (χ0) is 15.9. The maximum Gasteiger partial charge on any atom is 0.222 e. The van der Waals surface area contributed by atoms with E-state index in [-0.39, 0.29) is 5.91 Å². The van der Waals surface area contributed by atoms with E-state index in [9.17, 15) is 4.79 Å². The van der Waals surface area contributed by atoms with E-state index in [1.54, 1.807) is 25.3 Å². The first-order valence-electron chi connectivity index (χ1n) is 6.67. The molecule has 118 valence electrons. The third kappa shape index (κ3) is 5.09. The van der Waals surface area contributed by atoms with Gasteiger partial charge in [-0.25, -0.2) is 0 Å². The molecule has 2 N–H and O–H groups in total. The Morgan fingerprint density at radius 2 is 2.09 bits per heavy atom. The number of nitrogens with one attached hydrogen (secondary N) is 2. The monoisotopic (exact) mass is 358 g/mol. The number of carbonyl (C=O) groups is 1. The summed E-state index contributed by atoms with van der Waals surface area (Å²) in [5.41, 5.74) is 0.771. The van der Waals surface area contributed by atoms with Crippen LogP contribution < -0.4 is 15.4 Å². The number of anilines is 1. The molecule has 0 unspecified atom stereocenters. The van der Waals surface area contributed by atoms with E-state index in [1.807, 2.05) is 12.1 Å². The van der Waals surface area contributed by atoms with Crippen molar-refractivity contribution in [1.29, 1.82) is 0 Å². The van der Waals surface area contributed by atoms with E-state index in [0.717, 1.165) is 14.9 Å². The van der Waals surface area contributed by atoms with Crippen LogP contribution in [-0.2, 0) is 11.3 Å². The standard InChI is InChI=1S/C15H16Cl2N2O2S/c1-21-13-4-2-10(16)8-12(13)18-7-6-15(20)19-9-11-3-5-14(17)22-11/h2-5,8,18H,6-7,9H2,1H3,(H,19,20). The first-order chi connectivity index (χ1) is 10.6. The molecule has 2 rings (SSSR count).